The lowest BCUT2D eigenvalue weighted by molar-refractivity contribution is 0.742. The fraction of sp³-hybridized carbons (Fsp3) is 0.364. The molecule has 0 aliphatic carbocycles. The Hall–Kier alpha value is -0.360. The van der Waals surface area contributed by atoms with Crippen LogP contribution in [-0.2, 0) is 0 Å². The minimum Gasteiger partial charge on any atom is -0.185 e. The van der Waals surface area contributed by atoms with E-state index in [-0.39, 0.29) is 0 Å². The van der Waals surface area contributed by atoms with Crippen molar-refractivity contribution < 1.29 is 0 Å². The average molecular weight is 260 g/mol. The van der Waals surface area contributed by atoms with Crippen LogP contribution in [0, 0.1) is 10.7 Å². The molecule has 0 amide bonds. The van der Waals surface area contributed by atoms with Gasteiger partial charge < -0.3 is 0 Å². The van der Waals surface area contributed by atoms with Gasteiger partial charge in [-0.25, -0.2) is 0 Å². The third kappa shape index (κ3) is 3.61. The van der Waals surface area contributed by atoms with E-state index in [1.807, 2.05) is 12.1 Å². The maximum atomic E-state index is 8.41. The number of halogens is 2. The van der Waals surface area contributed by atoms with Crippen LogP contribution in [0.25, 0.3) is 0 Å². The first-order chi connectivity index (χ1) is 7.16. The molecule has 0 aromatic heterocycles. The number of rotatable bonds is 4. The molecule has 1 aromatic carbocycles. The Morgan fingerprint density at radius 1 is 1.47 bits per heavy atom. The molecule has 1 rings (SSSR count). The summed E-state index contributed by atoms with van der Waals surface area (Å²) in [4.78, 5) is 0. The van der Waals surface area contributed by atoms with E-state index in [0.29, 0.717) is 16.0 Å². The van der Waals surface area contributed by atoms with Crippen LogP contribution in [0.15, 0.2) is 18.2 Å². The second-order valence-electron chi connectivity index (χ2n) is 3.27. The lowest BCUT2D eigenvalue weighted by Gasteiger charge is -2.13. The highest BCUT2D eigenvalue weighted by molar-refractivity contribution is 8.03. The predicted molar refractivity (Wildman–Crippen MR) is 67.6 cm³/mol. The molecule has 1 nitrogen and oxygen atoms in total. The normalized spacial score (nSPS) is 12.1. The molecule has 0 heterocycles. The molecule has 80 valence electrons. The van der Waals surface area contributed by atoms with E-state index in [2.05, 4.69) is 12.3 Å². The van der Waals surface area contributed by atoms with E-state index in [0.717, 1.165) is 17.7 Å². The van der Waals surface area contributed by atoms with E-state index >= 15 is 0 Å². The molecule has 0 saturated carbocycles. The average Bonchev–Trinajstić information content (AvgIpc) is 2.22. The summed E-state index contributed by atoms with van der Waals surface area (Å²) in [7, 11) is 0. The first-order valence-electron chi connectivity index (χ1n) is 4.61. The van der Waals surface area contributed by atoms with Gasteiger partial charge in [-0.2, -0.15) is 5.26 Å². The highest BCUT2D eigenvalue weighted by Gasteiger charge is 2.11. The van der Waals surface area contributed by atoms with Gasteiger partial charge in [0.05, 0.1) is 10.0 Å². The second-order valence-corrected chi connectivity index (χ2v) is 4.94. The van der Waals surface area contributed by atoms with Crippen molar-refractivity contribution in [2.45, 2.75) is 19.3 Å². The summed E-state index contributed by atoms with van der Waals surface area (Å²) in [5.74, 6) is 1.15. The molecular weight excluding hydrogens is 249 g/mol. The van der Waals surface area contributed by atoms with Gasteiger partial charge in [-0.1, -0.05) is 42.3 Å². The van der Waals surface area contributed by atoms with Crippen molar-refractivity contribution in [2.24, 2.45) is 0 Å². The fourth-order valence-electron chi connectivity index (χ4n) is 1.34. The van der Waals surface area contributed by atoms with E-state index in [9.17, 15) is 0 Å². The Morgan fingerprint density at radius 2 is 2.20 bits per heavy atom. The van der Waals surface area contributed by atoms with Crippen molar-refractivity contribution in [2.75, 3.05) is 5.75 Å². The predicted octanol–water partition coefficient (Wildman–Crippen LogP) is 4.70. The summed E-state index contributed by atoms with van der Waals surface area (Å²) in [6, 6.07) is 5.66. The van der Waals surface area contributed by atoms with Gasteiger partial charge in [0.25, 0.3) is 0 Å². The number of benzene rings is 1. The molecule has 0 spiro atoms. The Morgan fingerprint density at radius 3 is 2.87 bits per heavy atom. The van der Waals surface area contributed by atoms with Crippen LogP contribution in [-0.4, -0.2) is 5.75 Å². The first kappa shape index (κ1) is 12.7. The Balaban J connectivity index is 2.70. The summed E-state index contributed by atoms with van der Waals surface area (Å²) in [6.45, 7) is 2.09. The van der Waals surface area contributed by atoms with Crippen molar-refractivity contribution in [1.82, 2.24) is 0 Å². The highest BCUT2D eigenvalue weighted by atomic mass is 35.5. The van der Waals surface area contributed by atoms with Crippen LogP contribution in [0.1, 0.15) is 24.8 Å². The van der Waals surface area contributed by atoms with E-state index < -0.39 is 0 Å². The number of thiocyanates is 1. The molecule has 0 aliphatic heterocycles. The highest BCUT2D eigenvalue weighted by Crippen LogP contribution is 2.32. The quantitative estimate of drug-likeness (QED) is 0.578. The summed E-state index contributed by atoms with van der Waals surface area (Å²) < 4.78 is 0. The summed E-state index contributed by atoms with van der Waals surface area (Å²) in [6.07, 6.45) is 0.929. The number of nitriles is 1. The molecule has 0 aliphatic rings. The Labute approximate surface area is 104 Å². The van der Waals surface area contributed by atoms with Gasteiger partial charge >= 0.3 is 0 Å². The number of hydrogen-bond acceptors (Lipinski definition) is 2. The molecular formula is C11H11Cl2NS. The molecule has 4 heteroatoms. The molecule has 1 atom stereocenters. The zero-order valence-electron chi connectivity index (χ0n) is 8.34. The molecule has 0 N–H and O–H groups in total. The monoisotopic (exact) mass is 259 g/mol. The molecule has 1 aromatic rings. The molecule has 0 fully saturated rings. The van der Waals surface area contributed by atoms with Crippen LogP contribution >= 0.6 is 35.0 Å². The van der Waals surface area contributed by atoms with Crippen LogP contribution in [0.5, 0.6) is 0 Å². The van der Waals surface area contributed by atoms with Crippen molar-refractivity contribution in [3.8, 4) is 5.40 Å². The molecule has 15 heavy (non-hydrogen) atoms. The van der Waals surface area contributed by atoms with Crippen LogP contribution in [0.2, 0.25) is 10.0 Å². The molecule has 0 bridgehead atoms. The summed E-state index contributed by atoms with van der Waals surface area (Å²) in [5.41, 5.74) is 1.06. The second kappa shape index (κ2) is 6.27. The summed E-state index contributed by atoms with van der Waals surface area (Å²) >= 11 is 13.3. The Bertz CT molecular complexity index is 373. The van der Waals surface area contributed by atoms with Crippen LogP contribution < -0.4 is 0 Å². The number of thioether (sulfide) groups is 1. The van der Waals surface area contributed by atoms with Crippen molar-refractivity contribution in [3.63, 3.8) is 0 Å². The van der Waals surface area contributed by atoms with E-state index in [1.165, 1.54) is 11.8 Å². The van der Waals surface area contributed by atoms with Crippen molar-refractivity contribution >= 4 is 35.0 Å². The summed E-state index contributed by atoms with van der Waals surface area (Å²) in [5, 5.41) is 11.7. The minimum atomic E-state index is 0.331. The van der Waals surface area contributed by atoms with E-state index in [4.69, 9.17) is 28.5 Å². The minimum absolute atomic E-state index is 0.331. The van der Waals surface area contributed by atoms with Crippen LogP contribution in [0.3, 0.4) is 0 Å². The van der Waals surface area contributed by atoms with Gasteiger partial charge in [-0.15, -0.1) is 0 Å². The molecule has 0 saturated heterocycles. The first-order valence-corrected chi connectivity index (χ1v) is 6.35. The molecule has 0 radical (unpaired) electrons. The molecule has 1 unspecified atom stereocenters. The van der Waals surface area contributed by atoms with Gasteiger partial charge in [-0.3, -0.25) is 0 Å². The van der Waals surface area contributed by atoms with Gasteiger partial charge in [0, 0.05) is 5.75 Å². The maximum absolute atomic E-state index is 8.41. The van der Waals surface area contributed by atoms with Gasteiger partial charge in [0.2, 0.25) is 0 Å². The Kier molecular flexibility index (Phi) is 5.31. The smallest absolute Gasteiger partial charge is 0.133 e. The third-order valence-electron chi connectivity index (χ3n) is 2.23. The fourth-order valence-corrected chi connectivity index (χ4v) is 2.39. The SMILES string of the molecule is CC(CCSC#N)c1cccc(Cl)c1Cl. The lowest BCUT2D eigenvalue weighted by atomic mass is 9.99. The topological polar surface area (TPSA) is 23.8 Å². The third-order valence-corrected chi connectivity index (χ3v) is 3.63. The largest absolute Gasteiger partial charge is 0.185 e. The van der Waals surface area contributed by atoms with Crippen molar-refractivity contribution in [1.29, 1.82) is 5.26 Å². The van der Waals surface area contributed by atoms with Crippen molar-refractivity contribution in [3.05, 3.63) is 33.8 Å². The number of hydrogen-bond donors (Lipinski definition) is 0. The maximum Gasteiger partial charge on any atom is 0.133 e. The number of nitrogens with zero attached hydrogens (tertiary/aromatic N) is 1. The standard InChI is InChI=1S/C11H11Cl2NS/c1-8(5-6-15-7-14)9-3-2-4-10(12)11(9)13/h2-4,8H,5-6H2,1H3. The van der Waals surface area contributed by atoms with Gasteiger partial charge in [0.15, 0.2) is 0 Å². The zero-order chi connectivity index (χ0) is 11.3. The van der Waals surface area contributed by atoms with Gasteiger partial charge in [0.1, 0.15) is 5.40 Å². The van der Waals surface area contributed by atoms with Crippen LogP contribution in [0.4, 0.5) is 0 Å². The van der Waals surface area contributed by atoms with Gasteiger partial charge in [-0.05, 0) is 35.7 Å². The van der Waals surface area contributed by atoms with E-state index in [1.54, 1.807) is 6.07 Å². The zero-order valence-corrected chi connectivity index (χ0v) is 10.7. The lowest BCUT2D eigenvalue weighted by Crippen LogP contribution is -1.96.